The molecule has 0 atom stereocenters. The Bertz CT molecular complexity index is 705. The maximum atomic E-state index is 5.89. The summed E-state index contributed by atoms with van der Waals surface area (Å²) in [5.41, 5.74) is 3.16. The SMILES string of the molecule is Cc1ccccc1Cc1nnc2ccc(Cl)nn12. The second-order valence-electron chi connectivity index (χ2n) is 4.15. The van der Waals surface area contributed by atoms with Crippen LogP contribution in [0.25, 0.3) is 5.65 Å². The standard InChI is InChI=1S/C13H11ClN4/c1-9-4-2-3-5-10(9)8-13-16-15-12-7-6-11(14)17-18(12)13/h2-7H,8H2,1H3. The number of rotatable bonds is 2. The zero-order chi connectivity index (χ0) is 12.5. The van der Waals surface area contributed by atoms with Gasteiger partial charge in [0.05, 0.1) is 0 Å². The Labute approximate surface area is 109 Å². The van der Waals surface area contributed by atoms with E-state index in [1.165, 1.54) is 11.1 Å². The van der Waals surface area contributed by atoms with E-state index in [1.54, 1.807) is 10.6 Å². The molecule has 0 saturated carbocycles. The summed E-state index contributed by atoms with van der Waals surface area (Å²) in [5, 5.41) is 12.9. The van der Waals surface area contributed by atoms with E-state index in [2.05, 4.69) is 34.4 Å². The number of aromatic nitrogens is 4. The van der Waals surface area contributed by atoms with Gasteiger partial charge in [-0.1, -0.05) is 35.9 Å². The van der Waals surface area contributed by atoms with Gasteiger partial charge < -0.3 is 0 Å². The zero-order valence-electron chi connectivity index (χ0n) is 9.84. The summed E-state index contributed by atoms with van der Waals surface area (Å²) in [6.45, 7) is 2.08. The maximum Gasteiger partial charge on any atom is 0.178 e. The minimum Gasteiger partial charge on any atom is -0.196 e. The lowest BCUT2D eigenvalue weighted by atomic mass is 10.1. The first-order valence-corrected chi connectivity index (χ1v) is 6.03. The molecule has 0 aliphatic heterocycles. The third-order valence-electron chi connectivity index (χ3n) is 2.90. The minimum absolute atomic E-state index is 0.438. The largest absolute Gasteiger partial charge is 0.196 e. The highest BCUT2D eigenvalue weighted by Crippen LogP contribution is 2.13. The number of aryl methyl sites for hydroxylation is 1. The molecule has 0 spiro atoms. The Morgan fingerprint density at radius 2 is 1.94 bits per heavy atom. The molecule has 0 aliphatic rings. The lowest BCUT2D eigenvalue weighted by Gasteiger charge is -2.03. The summed E-state index contributed by atoms with van der Waals surface area (Å²) >= 11 is 5.89. The lowest BCUT2D eigenvalue weighted by molar-refractivity contribution is 0.836. The molecule has 0 amide bonds. The molecule has 0 bridgehead atoms. The topological polar surface area (TPSA) is 43.1 Å². The van der Waals surface area contributed by atoms with Gasteiger partial charge in [-0.25, -0.2) is 0 Å². The summed E-state index contributed by atoms with van der Waals surface area (Å²) in [6, 6.07) is 11.7. The molecule has 18 heavy (non-hydrogen) atoms. The molecule has 3 rings (SSSR count). The van der Waals surface area contributed by atoms with Gasteiger partial charge in [0.2, 0.25) is 0 Å². The minimum atomic E-state index is 0.438. The fourth-order valence-electron chi connectivity index (χ4n) is 1.90. The predicted octanol–water partition coefficient (Wildman–Crippen LogP) is 2.68. The van der Waals surface area contributed by atoms with Crippen LogP contribution >= 0.6 is 11.6 Å². The fraction of sp³-hybridized carbons (Fsp3) is 0.154. The molecule has 0 N–H and O–H groups in total. The Balaban J connectivity index is 2.05. The van der Waals surface area contributed by atoms with E-state index in [4.69, 9.17) is 11.6 Å². The molecule has 0 aliphatic carbocycles. The van der Waals surface area contributed by atoms with Crippen molar-refractivity contribution in [1.82, 2.24) is 19.8 Å². The predicted molar refractivity (Wildman–Crippen MR) is 69.8 cm³/mol. The van der Waals surface area contributed by atoms with Gasteiger partial charge in [0.1, 0.15) is 5.15 Å². The van der Waals surface area contributed by atoms with Crippen LogP contribution in [0.15, 0.2) is 36.4 Å². The van der Waals surface area contributed by atoms with Crippen LogP contribution in [-0.2, 0) is 6.42 Å². The van der Waals surface area contributed by atoms with Crippen LogP contribution < -0.4 is 0 Å². The normalized spacial score (nSPS) is 11.0. The molecule has 2 heterocycles. The van der Waals surface area contributed by atoms with Crippen LogP contribution in [-0.4, -0.2) is 19.8 Å². The molecule has 4 nitrogen and oxygen atoms in total. The molecule has 3 aromatic rings. The van der Waals surface area contributed by atoms with Gasteiger partial charge in [-0.3, -0.25) is 0 Å². The third kappa shape index (κ3) is 1.95. The number of fused-ring (bicyclic) bond motifs is 1. The molecule has 1 aromatic carbocycles. The van der Waals surface area contributed by atoms with E-state index in [9.17, 15) is 0 Å². The van der Waals surface area contributed by atoms with E-state index in [-0.39, 0.29) is 0 Å². The number of hydrogen-bond acceptors (Lipinski definition) is 3. The second-order valence-corrected chi connectivity index (χ2v) is 4.53. The summed E-state index contributed by atoms with van der Waals surface area (Å²) in [6.07, 6.45) is 0.696. The number of halogens is 1. The van der Waals surface area contributed by atoms with Crippen LogP contribution in [0.4, 0.5) is 0 Å². The van der Waals surface area contributed by atoms with Crippen LogP contribution in [0.2, 0.25) is 5.15 Å². The number of hydrogen-bond donors (Lipinski definition) is 0. The van der Waals surface area contributed by atoms with Gasteiger partial charge in [0.15, 0.2) is 11.5 Å². The highest BCUT2D eigenvalue weighted by Gasteiger charge is 2.09. The summed E-state index contributed by atoms with van der Waals surface area (Å²) in [5.74, 6) is 0.793. The quantitative estimate of drug-likeness (QED) is 0.710. The summed E-state index contributed by atoms with van der Waals surface area (Å²) in [4.78, 5) is 0. The lowest BCUT2D eigenvalue weighted by Crippen LogP contribution is -2.01. The van der Waals surface area contributed by atoms with Crippen LogP contribution in [0.5, 0.6) is 0 Å². The van der Waals surface area contributed by atoms with Gasteiger partial charge in [0, 0.05) is 6.42 Å². The third-order valence-corrected chi connectivity index (χ3v) is 3.11. The van der Waals surface area contributed by atoms with Crippen molar-refractivity contribution >= 4 is 17.2 Å². The monoisotopic (exact) mass is 258 g/mol. The Morgan fingerprint density at radius 3 is 2.78 bits per heavy atom. The zero-order valence-corrected chi connectivity index (χ0v) is 10.6. The molecular weight excluding hydrogens is 248 g/mol. The molecular formula is C13H11ClN4. The molecule has 2 aromatic heterocycles. The number of nitrogens with zero attached hydrogens (tertiary/aromatic N) is 4. The van der Waals surface area contributed by atoms with Gasteiger partial charge in [0.25, 0.3) is 0 Å². The Hall–Kier alpha value is -1.94. The van der Waals surface area contributed by atoms with Gasteiger partial charge in [-0.15, -0.1) is 10.2 Å². The molecule has 90 valence electrons. The average molecular weight is 259 g/mol. The summed E-state index contributed by atoms with van der Waals surface area (Å²) in [7, 11) is 0. The van der Waals surface area contributed by atoms with Gasteiger partial charge in [-0.2, -0.15) is 9.61 Å². The van der Waals surface area contributed by atoms with Crippen molar-refractivity contribution in [2.24, 2.45) is 0 Å². The first kappa shape index (κ1) is 11.2. The van der Waals surface area contributed by atoms with Crippen molar-refractivity contribution in [1.29, 1.82) is 0 Å². The van der Waals surface area contributed by atoms with Gasteiger partial charge >= 0.3 is 0 Å². The first-order chi connectivity index (χ1) is 8.74. The van der Waals surface area contributed by atoms with E-state index in [0.29, 0.717) is 17.2 Å². The van der Waals surface area contributed by atoms with E-state index in [0.717, 1.165) is 5.82 Å². The molecule has 0 fully saturated rings. The molecule has 5 heteroatoms. The highest BCUT2D eigenvalue weighted by molar-refractivity contribution is 6.29. The van der Waals surface area contributed by atoms with Crippen molar-refractivity contribution in [3.63, 3.8) is 0 Å². The molecule has 0 radical (unpaired) electrons. The van der Waals surface area contributed by atoms with Crippen molar-refractivity contribution in [3.05, 3.63) is 58.5 Å². The van der Waals surface area contributed by atoms with Crippen molar-refractivity contribution in [2.45, 2.75) is 13.3 Å². The van der Waals surface area contributed by atoms with Crippen LogP contribution in [0.1, 0.15) is 17.0 Å². The van der Waals surface area contributed by atoms with Crippen LogP contribution in [0.3, 0.4) is 0 Å². The Morgan fingerprint density at radius 1 is 1.11 bits per heavy atom. The van der Waals surface area contributed by atoms with Crippen LogP contribution in [0, 0.1) is 6.92 Å². The van der Waals surface area contributed by atoms with Crippen molar-refractivity contribution < 1.29 is 0 Å². The van der Waals surface area contributed by atoms with E-state index in [1.807, 2.05) is 18.2 Å². The summed E-state index contributed by atoms with van der Waals surface area (Å²) < 4.78 is 1.69. The van der Waals surface area contributed by atoms with Gasteiger partial charge in [-0.05, 0) is 30.2 Å². The van der Waals surface area contributed by atoms with Crippen molar-refractivity contribution in [3.8, 4) is 0 Å². The van der Waals surface area contributed by atoms with Crippen molar-refractivity contribution in [2.75, 3.05) is 0 Å². The smallest absolute Gasteiger partial charge is 0.178 e. The molecule has 0 unspecified atom stereocenters. The maximum absolute atomic E-state index is 5.89. The number of benzene rings is 1. The fourth-order valence-corrected chi connectivity index (χ4v) is 2.04. The first-order valence-electron chi connectivity index (χ1n) is 5.65. The molecule has 0 saturated heterocycles. The average Bonchev–Trinajstić information content (AvgIpc) is 2.75. The Kier molecular flexibility index (Phi) is 2.72. The van der Waals surface area contributed by atoms with E-state index >= 15 is 0 Å². The second kappa shape index (κ2) is 4.38. The highest BCUT2D eigenvalue weighted by atomic mass is 35.5. The van der Waals surface area contributed by atoms with E-state index < -0.39 is 0 Å².